The fourth-order valence-corrected chi connectivity index (χ4v) is 3.63. The van der Waals surface area contributed by atoms with Gasteiger partial charge in [-0.1, -0.05) is 0 Å². The predicted octanol–water partition coefficient (Wildman–Crippen LogP) is 4.20. The Hall–Kier alpha value is -2.51. The van der Waals surface area contributed by atoms with Crippen LogP contribution in [-0.2, 0) is 16.0 Å². The minimum Gasteiger partial charge on any atom is -0.462 e. The largest absolute Gasteiger partial charge is 0.462 e. The van der Waals surface area contributed by atoms with E-state index in [0.717, 1.165) is 10.6 Å². The molecule has 128 valence electrons. The van der Waals surface area contributed by atoms with Crippen molar-refractivity contribution in [3.05, 3.63) is 57.7 Å². The third kappa shape index (κ3) is 4.52. The quantitative estimate of drug-likeness (QED) is 0.479. The van der Waals surface area contributed by atoms with Gasteiger partial charge >= 0.3 is 11.9 Å². The second-order valence-corrected chi connectivity index (χ2v) is 6.69. The third-order valence-corrected chi connectivity index (χ3v) is 4.87. The number of nitrogens with zero attached hydrogens (tertiary/aromatic N) is 1. The highest BCUT2D eigenvalue weighted by Crippen LogP contribution is 2.26. The van der Waals surface area contributed by atoms with Gasteiger partial charge < -0.3 is 9.47 Å². The summed E-state index contributed by atoms with van der Waals surface area (Å²) in [5.41, 5.74) is 2.16. The second kappa shape index (κ2) is 8.04. The predicted molar refractivity (Wildman–Crippen MR) is 97.2 cm³/mol. The van der Waals surface area contributed by atoms with Gasteiger partial charge in [0.2, 0.25) is 0 Å². The lowest BCUT2D eigenvalue weighted by molar-refractivity contribution is -0.133. The van der Waals surface area contributed by atoms with E-state index in [1.807, 2.05) is 22.2 Å². The molecule has 5 nitrogen and oxygen atoms in total. The molecule has 0 aliphatic heterocycles. The van der Waals surface area contributed by atoms with E-state index >= 15 is 0 Å². The first-order valence-corrected chi connectivity index (χ1v) is 9.43. The standard InChI is InChI=1S/C18H15NO4S2/c1-2-22-18(21)12-3-5-15(6-4-12)23-16(20)9-14-11-25-17(19-14)13-7-8-24-10-13/h3-8,10-11H,2,9H2,1H3. The number of carbonyl (C=O) groups excluding carboxylic acids is 2. The molecular formula is C18H15NO4S2. The Balaban J connectivity index is 1.58. The van der Waals surface area contributed by atoms with Gasteiger partial charge in [0.1, 0.15) is 10.8 Å². The molecule has 0 N–H and O–H groups in total. The number of carbonyl (C=O) groups is 2. The van der Waals surface area contributed by atoms with Crippen molar-refractivity contribution in [3.8, 4) is 16.3 Å². The highest BCUT2D eigenvalue weighted by Gasteiger charge is 2.12. The van der Waals surface area contributed by atoms with Gasteiger partial charge in [0, 0.05) is 16.3 Å². The van der Waals surface area contributed by atoms with Crippen LogP contribution >= 0.6 is 22.7 Å². The van der Waals surface area contributed by atoms with Crippen LogP contribution in [0.25, 0.3) is 10.6 Å². The zero-order chi connectivity index (χ0) is 17.6. The highest BCUT2D eigenvalue weighted by molar-refractivity contribution is 7.14. The fourth-order valence-electron chi connectivity index (χ4n) is 2.10. The van der Waals surface area contributed by atoms with Gasteiger partial charge in [-0.15, -0.1) is 11.3 Å². The maximum Gasteiger partial charge on any atom is 0.338 e. The van der Waals surface area contributed by atoms with E-state index in [2.05, 4.69) is 4.98 Å². The van der Waals surface area contributed by atoms with Gasteiger partial charge in [-0.25, -0.2) is 9.78 Å². The minimum absolute atomic E-state index is 0.0975. The summed E-state index contributed by atoms with van der Waals surface area (Å²) < 4.78 is 10.2. The molecule has 0 radical (unpaired) electrons. The lowest BCUT2D eigenvalue weighted by atomic mass is 10.2. The van der Waals surface area contributed by atoms with Crippen molar-refractivity contribution in [2.75, 3.05) is 6.61 Å². The molecule has 3 aromatic rings. The van der Waals surface area contributed by atoms with Crippen molar-refractivity contribution in [1.82, 2.24) is 4.98 Å². The molecule has 3 rings (SSSR count). The molecular weight excluding hydrogens is 358 g/mol. The van der Waals surface area contributed by atoms with Crippen LogP contribution in [0, 0.1) is 0 Å². The second-order valence-electron chi connectivity index (χ2n) is 5.05. The van der Waals surface area contributed by atoms with Crippen molar-refractivity contribution in [2.45, 2.75) is 13.3 Å². The molecule has 0 spiro atoms. The monoisotopic (exact) mass is 373 g/mol. The summed E-state index contributed by atoms with van der Waals surface area (Å²) in [5, 5.41) is 6.76. The number of hydrogen-bond acceptors (Lipinski definition) is 7. The normalized spacial score (nSPS) is 10.4. The van der Waals surface area contributed by atoms with Crippen LogP contribution in [0.5, 0.6) is 5.75 Å². The molecule has 1 aromatic carbocycles. The first-order chi connectivity index (χ1) is 12.2. The third-order valence-electron chi connectivity index (χ3n) is 3.24. The summed E-state index contributed by atoms with van der Waals surface area (Å²) in [7, 11) is 0. The Kier molecular flexibility index (Phi) is 5.57. The van der Waals surface area contributed by atoms with Gasteiger partial charge in [0.25, 0.3) is 0 Å². The van der Waals surface area contributed by atoms with Crippen LogP contribution < -0.4 is 4.74 Å². The number of benzene rings is 1. The van der Waals surface area contributed by atoms with Gasteiger partial charge in [-0.05, 0) is 42.6 Å². The number of esters is 2. The van der Waals surface area contributed by atoms with E-state index in [0.29, 0.717) is 23.6 Å². The average Bonchev–Trinajstić information content (AvgIpc) is 3.27. The van der Waals surface area contributed by atoms with Gasteiger partial charge in [-0.3, -0.25) is 4.79 Å². The van der Waals surface area contributed by atoms with Gasteiger partial charge in [0.15, 0.2) is 0 Å². The molecule has 0 fully saturated rings. The molecule has 0 amide bonds. The summed E-state index contributed by atoms with van der Waals surface area (Å²) in [6, 6.07) is 8.27. The zero-order valence-electron chi connectivity index (χ0n) is 13.4. The maximum atomic E-state index is 12.1. The molecule has 0 atom stereocenters. The molecule has 0 saturated heterocycles. The maximum absolute atomic E-state index is 12.1. The van der Waals surface area contributed by atoms with Crippen LogP contribution in [0.2, 0.25) is 0 Å². The number of aromatic nitrogens is 1. The summed E-state index contributed by atoms with van der Waals surface area (Å²) >= 11 is 3.11. The Morgan fingerprint density at radius 1 is 1.12 bits per heavy atom. The summed E-state index contributed by atoms with van der Waals surface area (Å²) in [6.07, 6.45) is 0.0975. The smallest absolute Gasteiger partial charge is 0.338 e. The Morgan fingerprint density at radius 2 is 1.92 bits per heavy atom. The Bertz CT molecular complexity index is 854. The lowest BCUT2D eigenvalue weighted by Gasteiger charge is -2.05. The van der Waals surface area contributed by atoms with Crippen molar-refractivity contribution < 1.29 is 19.1 Å². The fraction of sp³-hybridized carbons (Fsp3) is 0.167. The molecule has 0 unspecified atom stereocenters. The van der Waals surface area contributed by atoms with Crippen molar-refractivity contribution >= 4 is 34.6 Å². The van der Waals surface area contributed by atoms with Crippen LogP contribution in [0.15, 0.2) is 46.5 Å². The molecule has 2 aromatic heterocycles. The molecule has 0 aliphatic rings. The molecule has 0 saturated carbocycles. The minimum atomic E-state index is -0.399. The SMILES string of the molecule is CCOC(=O)c1ccc(OC(=O)Cc2csc(-c3ccsc3)n2)cc1. The molecule has 2 heterocycles. The van der Waals surface area contributed by atoms with E-state index in [1.165, 1.54) is 11.3 Å². The molecule has 0 aliphatic carbocycles. The lowest BCUT2D eigenvalue weighted by Crippen LogP contribution is -2.11. The molecule has 7 heteroatoms. The number of rotatable bonds is 6. The Morgan fingerprint density at radius 3 is 2.60 bits per heavy atom. The average molecular weight is 373 g/mol. The number of thiazole rings is 1. The van der Waals surface area contributed by atoms with E-state index in [1.54, 1.807) is 42.5 Å². The van der Waals surface area contributed by atoms with Crippen LogP contribution in [0.4, 0.5) is 0 Å². The first-order valence-electron chi connectivity index (χ1n) is 7.60. The van der Waals surface area contributed by atoms with E-state index in [-0.39, 0.29) is 6.42 Å². The molecule has 0 bridgehead atoms. The summed E-state index contributed by atoms with van der Waals surface area (Å²) in [6.45, 7) is 2.06. The van der Waals surface area contributed by atoms with E-state index in [4.69, 9.17) is 9.47 Å². The van der Waals surface area contributed by atoms with Crippen molar-refractivity contribution in [2.24, 2.45) is 0 Å². The van der Waals surface area contributed by atoms with Gasteiger partial charge in [-0.2, -0.15) is 11.3 Å². The zero-order valence-corrected chi connectivity index (χ0v) is 15.1. The van der Waals surface area contributed by atoms with Gasteiger partial charge in [0.05, 0.1) is 24.3 Å². The molecule has 25 heavy (non-hydrogen) atoms. The van der Waals surface area contributed by atoms with Crippen LogP contribution in [-0.4, -0.2) is 23.5 Å². The van der Waals surface area contributed by atoms with Crippen LogP contribution in [0.1, 0.15) is 23.0 Å². The van der Waals surface area contributed by atoms with Crippen molar-refractivity contribution in [3.63, 3.8) is 0 Å². The number of hydrogen-bond donors (Lipinski definition) is 0. The first kappa shape index (κ1) is 17.3. The van der Waals surface area contributed by atoms with E-state index in [9.17, 15) is 9.59 Å². The highest BCUT2D eigenvalue weighted by atomic mass is 32.1. The summed E-state index contributed by atoms with van der Waals surface area (Å²) in [4.78, 5) is 28.1. The topological polar surface area (TPSA) is 65.5 Å². The van der Waals surface area contributed by atoms with Crippen molar-refractivity contribution in [1.29, 1.82) is 0 Å². The van der Waals surface area contributed by atoms with Crippen LogP contribution in [0.3, 0.4) is 0 Å². The number of thiophene rings is 1. The summed E-state index contributed by atoms with van der Waals surface area (Å²) in [5.74, 6) is -0.416. The number of ether oxygens (including phenoxy) is 2. The van der Waals surface area contributed by atoms with E-state index < -0.39 is 11.9 Å². The Labute approximate surface area is 152 Å².